The second-order valence-electron chi connectivity index (χ2n) is 13.8. The van der Waals surface area contributed by atoms with Crippen LogP contribution in [0.2, 0.25) is 0 Å². The third-order valence-electron chi connectivity index (χ3n) is 11.0. The molecule has 9 rings (SSSR count). The number of aromatic hydroxyl groups is 1. The summed E-state index contributed by atoms with van der Waals surface area (Å²) in [5, 5.41) is 16.5. The lowest BCUT2D eigenvalue weighted by atomic mass is 9.69. The van der Waals surface area contributed by atoms with Gasteiger partial charge in [-0.1, -0.05) is 144 Å². The van der Waals surface area contributed by atoms with Crippen LogP contribution in [0.1, 0.15) is 5.56 Å². The molecule has 0 radical (unpaired) electrons. The molecular formula is C46H35B3N2O. The molecule has 244 valence electrons. The number of rotatable bonds is 5. The zero-order valence-electron chi connectivity index (χ0n) is 29.8. The molecule has 1 heterocycles. The predicted octanol–water partition coefficient (Wildman–Crippen LogP) is 6.79. The Morgan fingerprint density at radius 3 is 1.58 bits per heavy atom. The van der Waals surface area contributed by atoms with E-state index in [9.17, 15) is 5.11 Å². The summed E-state index contributed by atoms with van der Waals surface area (Å²) in [6.07, 6.45) is 0. The van der Waals surface area contributed by atoms with Crippen molar-refractivity contribution in [3.8, 4) is 56.2 Å². The fraction of sp³-hybridized carbons (Fsp3) is 0.0217. The minimum absolute atomic E-state index is 0.296. The van der Waals surface area contributed by atoms with E-state index in [-0.39, 0.29) is 0 Å². The number of para-hydroxylation sites is 2. The summed E-state index contributed by atoms with van der Waals surface area (Å²) >= 11 is 0. The van der Waals surface area contributed by atoms with Crippen molar-refractivity contribution in [2.75, 3.05) is 0 Å². The Hall–Kier alpha value is -6.26. The highest BCUT2D eigenvalue weighted by Crippen LogP contribution is 2.45. The van der Waals surface area contributed by atoms with Gasteiger partial charge in [-0.05, 0) is 91.7 Å². The van der Waals surface area contributed by atoms with E-state index in [2.05, 4.69) is 161 Å². The molecule has 0 fully saturated rings. The molecule has 1 N–H and O–H groups in total. The molecule has 0 aliphatic heterocycles. The Balaban J connectivity index is 1.29. The maximum Gasteiger partial charge on any atom is 0.145 e. The van der Waals surface area contributed by atoms with E-state index in [1.807, 2.05) is 26.0 Å². The largest absolute Gasteiger partial charge is 0.506 e. The molecule has 0 unspecified atom stereocenters. The van der Waals surface area contributed by atoms with Gasteiger partial charge in [0, 0.05) is 5.56 Å². The summed E-state index contributed by atoms with van der Waals surface area (Å²) in [6, 6.07) is 54.0. The number of phenols is 1. The first-order valence-corrected chi connectivity index (χ1v) is 17.9. The van der Waals surface area contributed by atoms with Crippen molar-refractivity contribution in [3.05, 3.63) is 157 Å². The van der Waals surface area contributed by atoms with Gasteiger partial charge in [-0.3, -0.25) is 4.57 Å². The summed E-state index contributed by atoms with van der Waals surface area (Å²) in [6.45, 7) is 2.10. The Bertz CT molecular complexity index is 2770. The van der Waals surface area contributed by atoms with Gasteiger partial charge in [0.15, 0.2) is 0 Å². The van der Waals surface area contributed by atoms with Crippen molar-refractivity contribution in [3.63, 3.8) is 0 Å². The van der Waals surface area contributed by atoms with E-state index in [1.165, 1.54) is 54.8 Å². The van der Waals surface area contributed by atoms with Gasteiger partial charge in [0.25, 0.3) is 0 Å². The third-order valence-corrected chi connectivity index (χ3v) is 11.0. The zero-order valence-corrected chi connectivity index (χ0v) is 29.8. The molecule has 0 saturated heterocycles. The molecule has 3 nitrogen and oxygen atoms in total. The molecule has 8 aromatic carbocycles. The SMILES string of the molecule is Bc1c(B)c(C)c(-n2c(-c3cccc(-c4c5ccccc5c(-c5cccc(-c6ccccc6)c5)c5ccccc45)c3)nc3ccccc32)c(O)c1B. The normalized spacial score (nSPS) is 11.5. The van der Waals surface area contributed by atoms with Gasteiger partial charge in [-0.15, -0.1) is 0 Å². The minimum atomic E-state index is 0.296. The van der Waals surface area contributed by atoms with Crippen LogP contribution >= 0.6 is 0 Å². The van der Waals surface area contributed by atoms with Crippen LogP contribution in [0, 0.1) is 6.92 Å². The Kier molecular flexibility index (Phi) is 7.63. The average molecular weight is 664 g/mol. The Morgan fingerprint density at radius 1 is 0.481 bits per heavy atom. The van der Waals surface area contributed by atoms with Crippen molar-refractivity contribution in [2.45, 2.75) is 6.92 Å². The fourth-order valence-corrected chi connectivity index (χ4v) is 8.04. The van der Waals surface area contributed by atoms with Crippen LogP contribution < -0.4 is 16.4 Å². The van der Waals surface area contributed by atoms with Crippen molar-refractivity contribution >= 4 is 72.5 Å². The molecule has 0 aliphatic carbocycles. The molecule has 6 heteroatoms. The lowest BCUT2D eigenvalue weighted by molar-refractivity contribution is 0.477. The average Bonchev–Trinajstić information content (AvgIpc) is 3.58. The number of aromatic nitrogens is 2. The molecule has 0 aliphatic rings. The molecular weight excluding hydrogens is 629 g/mol. The topological polar surface area (TPSA) is 38.0 Å². The quantitative estimate of drug-likeness (QED) is 0.163. The monoisotopic (exact) mass is 664 g/mol. The van der Waals surface area contributed by atoms with Crippen LogP contribution in [0.3, 0.4) is 0 Å². The van der Waals surface area contributed by atoms with Gasteiger partial charge in [-0.2, -0.15) is 0 Å². The first-order chi connectivity index (χ1) is 25.4. The van der Waals surface area contributed by atoms with E-state index in [0.717, 1.165) is 50.2 Å². The van der Waals surface area contributed by atoms with Crippen molar-refractivity contribution in [2.24, 2.45) is 0 Å². The van der Waals surface area contributed by atoms with Gasteiger partial charge in [0.1, 0.15) is 35.1 Å². The van der Waals surface area contributed by atoms with Gasteiger partial charge in [0.05, 0.1) is 16.7 Å². The number of phenolic OH excluding ortho intramolecular Hbond substituents is 1. The smallest absolute Gasteiger partial charge is 0.145 e. The summed E-state index contributed by atoms with van der Waals surface area (Å²) in [5.41, 5.74) is 15.0. The lowest BCUT2D eigenvalue weighted by Crippen LogP contribution is -2.41. The molecule has 0 spiro atoms. The Labute approximate surface area is 306 Å². The third kappa shape index (κ3) is 4.98. The number of nitrogens with zero attached hydrogens (tertiary/aromatic N) is 2. The van der Waals surface area contributed by atoms with Crippen molar-refractivity contribution in [1.29, 1.82) is 0 Å². The highest BCUT2D eigenvalue weighted by atomic mass is 16.3. The van der Waals surface area contributed by atoms with Crippen LogP contribution in [0.15, 0.2) is 152 Å². The lowest BCUT2D eigenvalue weighted by Gasteiger charge is -2.21. The van der Waals surface area contributed by atoms with Crippen LogP contribution in [-0.4, -0.2) is 38.2 Å². The highest BCUT2D eigenvalue weighted by Gasteiger charge is 2.23. The maximum absolute atomic E-state index is 11.7. The number of benzene rings is 8. The molecule has 0 bridgehead atoms. The number of hydrogen-bond acceptors (Lipinski definition) is 2. The van der Waals surface area contributed by atoms with Gasteiger partial charge >= 0.3 is 0 Å². The number of hydrogen-bond donors (Lipinski definition) is 1. The molecule has 9 aromatic rings. The van der Waals surface area contributed by atoms with Crippen LogP contribution in [0.25, 0.3) is 83.0 Å². The predicted molar refractivity (Wildman–Crippen MR) is 229 cm³/mol. The Morgan fingerprint density at radius 2 is 0.962 bits per heavy atom. The number of imidazole rings is 1. The summed E-state index contributed by atoms with van der Waals surface area (Å²) in [4.78, 5) is 5.22. The molecule has 0 atom stereocenters. The summed E-state index contributed by atoms with van der Waals surface area (Å²) < 4.78 is 2.15. The molecule has 0 saturated carbocycles. The standard InChI is InChI=1S/C46H35B3N2O/c1-27-41(47)42(48)43(49)45(52)44(27)51-38-24-10-9-23-37(38)50-46(51)32-18-12-17-31(26-32)40-35-21-7-5-19-33(35)39(34-20-6-8-22-36(34)40)30-16-11-15-29(25-30)28-13-3-2-4-14-28/h2-26,52H,47-49H2,1H3. The van der Waals surface area contributed by atoms with E-state index >= 15 is 0 Å². The van der Waals surface area contributed by atoms with E-state index in [4.69, 9.17) is 4.98 Å². The van der Waals surface area contributed by atoms with E-state index in [0.29, 0.717) is 5.75 Å². The first kappa shape index (κ1) is 31.7. The highest BCUT2D eigenvalue weighted by molar-refractivity contribution is 6.58. The molecule has 52 heavy (non-hydrogen) atoms. The molecule has 0 amide bonds. The maximum atomic E-state index is 11.7. The first-order valence-electron chi connectivity index (χ1n) is 17.9. The fourth-order valence-electron chi connectivity index (χ4n) is 8.04. The van der Waals surface area contributed by atoms with Crippen molar-refractivity contribution in [1.82, 2.24) is 9.55 Å². The second-order valence-corrected chi connectivity index (χ2v) is 13.8. The van der Waals surface area contributed by atoms with Crippen molar-refractivity contribution < 1.29 is 5.11 Å². The van der Waals surface area contributed by atoms with Crippen LogP contribution in [0.5, 0.6) is 5.75 Å². The van der Waals surface area contributed by atoms with Gasteiger partial charge < -0.3 is 5.11 Å². The zero-order chi connectivity index (χ0) is 35.5. The van der Waals surface area contributed by atoms with E-state index < -0.39 is 0 Å². The van der Waals surface area contributed by atoms with Gasteiger partial charge in [-0.25, -0.2) is 4.98 Å². The minimum Gasteiger partial charge on any atom is -0.506 e. The van der Waals surface area contributed by atoms with Gasteiger partial charge in [0.2, 0.25) is 0 Å². The van der Waals surface area contributed by atoms with Crippen LogP contribution in [-0.2, 0) is 0 Å². The molecule has 1 aromatic heterocycles. The summed E-state index contributed by atoms with van der Waals surface area (Å²) in [5.74, 6) is 1.09. The number of fused-ring (bicyclic) bond motifs is 3. The second kappa shape index (κ2) is 12.5. The van der Waals surface area contributed by atoms with Crippen LogP contribution in [0.4, 0.5) is 0 Å². The summed E-state index contributed by atoms with van der Waals surface area (Å²) in [7, 11) is 6.22. The van der Waals surface area contributed by atoms with E-state index in [1.54, 1.807) is 0 Å².